The highest BCUT2D eigenvalue weighted by Crippen LogP contribution is 2.46. The van der Waals surface area contributed by atoms with Crippen molar-refractivity contribution in [2.75, 3.05) is 0 Å². The van der Waals surface area contributed by atoms with Crippen molar-refractivity contribution in [3.05, 3.63) is 70.7 Å². The quantitative estimate of drug-likeness (QED) is 0.618. The van der Waals surface area contributed by atoms with Crippen LogP contribution < -0.4 is 0 Å². The van der Waals surface area contributed by atoms with Crippen LogP contribution in [0.4, 0.5) is 8.78 Å². The Morgan fingerprint density at radius 3 is 2.46 bits per heavy atom. The van der Waals surface area contributed by atoms with Crippen LogP contribution in [0.15, 0.2) is 42.6 Å². The molecule has 2 nitrogen and oxygen atoms in total. The van der Waals surface area contributed by atoms with Gasteiger partial charge in [0.1, 0.15) is 5.82 Å². The van der Waals surface area contributed by atoms with E-state index in [1.165, 1.54) is 11.6 Å². The molecule has 3 unspecified atom stereocenters. The first-order valence-electron chi connectivity index (χ1n) is 10.1. The molecule has 1 aromatic heterocycles. The molecule has 0 amide bonds. The first-order valence-corrected chi connectivity index (χ1v) is 10.1. The van der Waals surface area contributed by atoms with Crippen molar-refractivity contribution in [3.63, 3.8) is 0 Å². The molecule has 3 aromatic rings. The summed E-state index contributed by atoms with van der Waals surface area (Å²) >= 11 is 0. The van der Waals surface area contributed by atoms with E-state index in [2.05, 4.69) is 31.2 Å². The standard InChI is InChI=1S/C24H27F2NO/c1-4-17-5-7-18(8-6-17)12-19-14-27(24(26)13-20(28)11-16(24)3)22-10-15(2)9-21(25)23(19)22/h5-10,14,16,20,28H,4,11-13H2,1-3H3. The molecule has 2 aromatic carbocycles. The van der Waals surface area contributed by atoms with Gasteiger partial charge in [-0.3, -0.25) is 0 Å². The number of hydrogen-bond donors (Lipinski definition) is 1. The number of halogens is 2. The summed E-state index contributed by atoms with van der Waals surface area (Å²) in [6, 6.07) is 11.6. The topological polar surface area (TPSA) is 25.2 Å². The Labute approximate surface area is 164 Å². The Balaban J connectivity index is 1.85. The maximum Gasteiger partial charge on any atom is 0.191 e. The van der Waals surface area contributed by atoms with Crippen molar-refractivity contribution in [1.82, 2.24) is 4.57 Å². The molecular formula is C24H27F2NO. The van der Waals surface area contributed by atoms with Gasteiger partial charge in [0.15, 0.2) is 5.79 Å². The lowest BCUT2D eigenvalue weighted by atomic mass is 10.0. The third-order valence-electron chi connectivity index (χ3n) is 6.21. The molecule has 1 N–H and O–H groups in total. The summed E-state index contributed by atoms with van der Waals surface area (Å²) in [7, 11) is 0. The second-order valence-electron chi connectivity index (χ2n) is 8.33. The Morgan fingerprint density at radius 2 is 1.86 bits per heavy atom. The molecule has 0 saturated heterocycles. The smallest absolute Gasteiger partial charge is 0.191 e. The number of aliphatic hydroxyl groups excluding tert-OH is 1. The van der Waals surface area contributed by atoms with Crippen LogP contribution in [0.1, 0.15) is 48.9 Å². The Hall–Kier alpha value is -2.20. The third kappa shape index (κ3) is 3.14. The maximum atomic E-state index is 16.0. The van der Waals surface area contributed by atoms with Crippen LogP contribution in [-0.4, -0.2) is 15.8 Å². The third-order valence-corrected chi connectivity index (χ3v) is 6.21. The van der Waals surface area contributed by atoms with E-state index in [1.807, 2.05) is 19.9 Å². The van der Waals surface area contributed by atoms with Gasteiger partial charge >= 0.3 is 0 Å². The second kappa shape index (κ2) is 7.00. The number of aryl methyl sites for hydroxylation is 2. The van der Waals surface area contributed by atoms with E-state index >= 15 is 4.39 Å². The average Bonchev–Trinajstić information content (AvgIpc) is 3.13. The van der Waals surface area contributed by atoms with E-state index < -0.39 is 11.9 Å². The van der Waals surface area contributed by atoms with Gasteiger partial charge in [0.25, 0.3) is 0 Å². The van der Waals surface area contributed by atoms with Gasteiger partial charge in [-0.15, -0.1) is 0 Å². The number of alkyl halides is 1. The monoisotopic (exact) mass is 383 g/mol. The normalized spacial score (nSPS) is 24.9. The molecule has 1 heterocycles. The first-order chi connectivity index (χ1) is 13.3. The summed E-state index contributed by atoms with van der Waals surface area (Å²) in [5.41, 5.74) is 4.44. The molecule has 0 aliphatic heterocycles. The van der Waals surface area contributed by atoms with Crippen molar-refractivity contribution >= 4 is 10.9 Å². The molecule has 1 saturated carbocycles. The van der Waals surface area contributed by atoms with E-state index in [0.29, 0.717) is 23.7 Å². The van der Waals surface area contributed by atoms with Crippen LogP contribution in [0, 0.1) is 18.7 Å². The lowest BCUT2D eigenvalue weighted by Crippen LogP contribution is -2.31. The van der Waals surface area contributed by atoms with Gasteiger partial charge in [0.05, 0.1) is 11.6 Å². The van der Waals surface area contributed by atoms with E-state index in [9.17, 15) is 9.50 Å². The number of nitrogens with zero attached hydrogens (tertiary/aromatic N) is 1. The minimum absolute atomic E-state index is 0.0398. The second-order valence-corrected chi connectivity index (χ2v) is 8.33. The largest absolute Gasteiger partial charge is 0.393 e. The number of benzene rings is 2. The lowest BCUT2D eigenvalue weighted by molar-refractivity contribution is 0.0267. The van der Waals surface area contributed by atoms with Crippen LogP contribution in [0.25, 0.3) is 10.9 Å². The van der Waals surface area contributed by atoms with Gasteiger partial charge < -0.3 is 9.67 Å². The van der Waals surface area contributed by atoms with E-state index in [4.69, 9.17) is 0 Å². The van der Waals surface area contributed by atoms with Crippen LogP contribution >= 0.6 is 0 Å². The molecule has 1 aliphatic rings. The van der Waals surface area contributed by atoms with Gasteiger partial charge in [-0.05, 0) is 60.6 Å². The minimum atomic E-state index is -1.71. The van der Waals surface area contributed by atoms with Gasteiger partial charge in [-0.1, -0.05) is 38.1 Å². The lowest BCUT2D eigenvalue weighted by Gasteiger charge is -2.27. The van der Waals surface area contributed by atoms with Crippen molar-refractivity contribution in [1.29, 1.82) is 0 Å². The van der Waals surface area contributed by atoms with Gasteiger partial charge in [-0.25, -0.2) is 8.78 Å². The summed E-state index contributed by atoms with van der Waals surface area (Å²) in [6.45, 7) is 5.75. The number of rotatable bonds is 4. The fraction of sp³-hybridized carbons (Fsp3) is 0.417. The molecule has 0 radical (unpaired) electrons. The molecule has 0 bridgehead atoms. The fourth-order valence-corrected chi connectivity index (χ4v) is 4.62. The Morgan fingerprint density at radius 1 is 1.18 bits per heavy atom. The highest BCUT2D eigenvalue weighted by atomic mass is 19.1. The molecule has 4 heteroatoms. The van der Waals surface area contributed by atoms with Crippen LogP contribution in [0.3, 0.4) is 0 Å². The molecule has 3 atom stereocenters. The predicted molar refractivity (Wildman–Crippen MR) is 109 cm³/mol. The molecular weight excluding hydrogens is 356 g/mol. The number of hydrogen-bond acceptors (Lipinski definition) is 1. The summed E-state index contributed by atoms with van der Waals surface area (Å²) in [5, 5.41) is 10.5. The molecule has 1 aliphatic carbocycles. The predicted octanol–water partition coefficient (Wildman–Crippen LogP) is 5.66. The summed E-state index contributed by atoms with van der Waals surface area (Å²) in [4.78, 5) is 0. The number of fused-ring (bicyclic) bond motifs is 1. The van der Waals surface area contributed by atoms with Gasteiger partial charge in [0.2, 0.25) is 0 Å². The van der Waals surface area contributed by atoms with Gasteiger partial charge in [0, 0.05) is 23.9 Å². The number of aliphatic hydroxyl groups is 1. The molecule has 1 fully saturated rings. The zero-order chi connectivity index (χ0) is 20.1. The van der Waals surface area contributed by atoms with E-state index in [1.54, 1.807) is 10.8 Å². The first kappa shape index (κ1) is 19.1. The summed E-state index contributed by atoms with van der Waals surface area (Å²) in [6.07, 6.45) is 3.06. The zero-order valence-electron chi connectivity index (χ0n) is 16.7. The Kier molecular flexibility index (Phi) is 4.78. The summed E-state index contributed by atoms with van der Waals surface area (Å²) in [5.74, 6) is -2.36. The molecule has 148 valence electrons. The van der Waals surface area contributed by atoms with Crippen LogP contribution in [0.2, 0.25) is 0 Å². The molecule has 28 heavy (non-hydrogen) atoms. The van der Waals surface area contributed by atoms with Crippen LogP contribution in [-0.2, 0) is 18.6 Å². The fourth-order valence-electron chi connectivity index (χ4n) is 4.62. The zero-order valence-corrected chi connectivity index (χ0v) is 16.7. The highest BCUT2D eigenvalue weighted by molar-refractivity contribution is 5.86. The van der Waals surface area contributed by atoms with Crippen molar-refractivity contribution in [2.45, 2.75) is 58.4 Å². The van der Waals surface area contributed by atoms with Gasteiger partial charge in [-0.2, -0.15) is 0 Å². The van der Waals surface area contributed by atoms with Crippen molar-refractivity contribution < 1.29 is 13.9 Å². The minimum Gasteiger partial charge on any atom is -0.393 e. The van der Waals surface area contributed by atoms with E-state index in [-0.39, 0.29) is 18.2 Å². The molecule has 0 spiro atoms. The highest BCUT2D eigenvalue weighted by Gasteiger charge is 2.47. The van der Waals surface area contributed by atoms with Crippen LogP contribution in [0.5, 0.6) is 0 Å². The van der Waals surface area contributed by atoms with Crippen molar-refractivity contribution in [3.8, 4) is 0 Å². The van der Waals surface area contributed by atoms with E-state index in [0.717, 1.165) is 23.1 Å². The molecule has 4 rings (SSSR count). The van der Waals surface area contributed by atoms with Crippen molar-refractivity contribution in [2.24, 2.45) is 5.92 Å². The summed E-state index contributed by atoms with van der Waals surface area (Å²) < 4.78 is 32.5. The SMILES string of the molecule is CCc1ccc(Cc2cn(C3(F)CC(O)CC3C)c3cc(C)cc(F)c23)cc1. The Bertz CT molecular complexity index is 1010. The number of aromatic nitrogens is 1. The average molecular weight is 383 g/mol. The maximum absolute atomic E-state index is 16.0.